The quantitative estimate of drug-likeness (QED) is 0.658. The number of hydrogen-bond acceptors (Lipinski definition) is 3. The van der Waals surface area contributed by atoms with Gasteiger partial charge in [0.05, 0.1) is 11.7 Å². The number of carbonyl (C=O) groups is 1. The van der Waals surface area contributed by atoms with Gasteiger partial charge in [0.15, 0.2) is 5.78 Å². The van der Waals surface area contributed by atoms with E-state index in [1.807, 2.05) is 37.3 Å². The van der Waals surface area contributed by atoms with Crippen LogP contribution in [0.2, 0.25) is 0 Å². The van der Waals surface area contributed by atoms with Gasteiger partial charge in [-0.2, -0.15) is 0 Å². The molecule has 2 heterocycles. The van der Waals surface area contributed by atoms with Gasteiger partial charge in [0.2, 0.25) is 0 Å². The highest BCUT2D eigenvalue weighted by atomic mass is 16.1. The molecule has 0 N–H and O–H groups in total. The fourth-order valence-electron chi connectivity index (χ4n) is 2.22. The number of rotatable bonds is 2. The highest BCUT2D eigenvalue weighted by Gasteiger charge is 2.09. The topological polar surface area (TPSA) is 47.8 Å². The van der Waals surface area contributed by atoms with Crippen LogP contribution in [-0.4, -0.2) is 20.3 Å². The first-order valence-corrected chi connectivity index (χ1v) is 6.07. The lowest BCUT2D eigenvalue weighted by Gasteiger charge is -2.07. The standard InChI is InChI=1S/C15H13N3O/c1-10(19)12-3-5-13(6-4-12)18-11(2)17-14-9-16-8-7-15(14)18/h3-9H,1-2H3. The number of aromatic nitrogens is 3. The minimum atomic E-state index is 0.0722. The van der Waals surface area contributed by atoms with Gasteiger partial charge in [-0.15, -0.1) is 0 Å². The van der Waals surface area contributed by atoms with E-state index in [4.69, 9.17) is 0 Å². The number of Topliss-reactive ketones (excluding diaryl/α,β-unsaturated/α-hetero) is 1. The Balaban J connectivity index is 2.18. The van der Waals surface area contributed by atoms with Crippen molar-refractivity contribution in [1.29, 1.82) is 0 Å². The van der Waals surface area contributed by atoms with Crippen molar-refractivity contribution in [2.24, 2.45) is 0 Å². The zero-order valence-electron chi connectivity index (χ0n) is 10.8. The lowest BCUT2D eigenvalue weighted by Crippen LogP contribution is -1.98. The molecule has 1 aromatic carbocycles. The van der Waals surface area contributed by atoms with Crippen molar-refractivity contribution in [2.75, 3.05) is 0 Å². The Hall–Kier alpha value is -2.49. The number of fused-ring (bicyclic) bond motifs is 1. The van der Waals surface area contributed by atoms with Gasteiger partial charge in [0, 0.05) is 17.4 Å². The fraction of sp³-hybridized carbons (Fsp3) is 0.133. The van der Waals surface area contributed by atoms with Gasteiger partial charge in [0.1, 0.15) is 11.3 Å². The highest BCUT2D eigenvalue weighted by molar-refractivity contribution is 5.94. The molecule has 4 heteroatoms. The maximum absolute atomic E-state index is 11.3. The summed E-state index contributed by atoms with van der Waals surface area (Å²) in [6.45, 7) is 3.53. The molecule has 0 aliphatic carbocycles. The third-order valence-electron chi connectivity index (χ3n) is 3.16. The van der Waals surface area contributed by atoms with Crippen molar-refractivity contribution in [1.82, 2.24) is 14.5 Å². The lowest BCUT2D eigenvalue weighted by molar-refractivity contribution is 0.101. The van der Waals surface area contributed by atoms with Crippen LogP contribution in [0.5, 0.6) is 0 Å². The number of benzene rings is 1. The molecule has 94 valence electrons. The minimum absolute atomic E-state index is 0.0722. The summed E-state index contributed by atoms with van der Waals surface area (Å²) in [6, 6.07) is 9.49. The Kier molecular flexibility index (Phi) is 2.63. The van der Waals surface area contributed by atoms with Gasteiger partial charge < -0.3 is 0 Å². The zero-order chi connectivity index (χ0) is 13.4. The average Bonchev–Trinajstić information content (AvgIpc) is 2.74. The van der Waals surface area contributed by atoms with Crippen molar-refractivity contribution >= 4 is 16.8 Å². The number of ketones is 1. The molecule has 0 radical (unpaired) electrons. The Labute approximate surface area is 110 Å². The van der Waals surface area contributed by atoms with E-state index in [0.717, 1.165) is 22.5 Å². The largest absolute Gasteiger partial charge is 0.296 e. The Morgan fingerprint density at radius 2 is 1.89 bits per heavy atom. The number of imidazole rings is 1. The number of aryl methyl sites for hydroxylation is 1. The van der Waals surface area contributed by atoms with Crippen LogP contribution in [0.1, 0.15) is 23.1 Å². The molecule has 0 bridgehead atoms. The molecule has 4 nitrogen and oxygen atoms in total. The summed E-state index contributed by atoms with van der Waals surface area (Å²) in [5.41, 5.74) is 3.60. The van der Waals surface area contributed by atoms with Gasteiger partial charge in [-0.25, -0.2) is 4.98 Å². The summed E-state index contributed by atoms with van der Waals surface area (Å²) in [5.74, 6) is 0.974. The maximum Gasteiger partial charge on any atom is 0.159 e. The van der Waals surface area contributed by atoms with E-state index in [-0.39, 0.29) is 5.78 Å². The van der Waals surface area contributed by atoms with Crippen LogP contribution in [0, 0.1) is 6.92 Å². The van der Waals surface area contributed by atoms with Gasteiger partial charge in [0.25, 0.3) is 0 Å². The molecule has 0 amide bonds. The maximum atomic E-state index is 11.3. The SMILES string of the molecule is CC(=O)c1ccc(-n2c(C)nc3cnccc32)cc1. The van der Waals surface area contributed by atoms with Crippen molar-refractivity contribution in [2.45, 2.75) is 13.8 Å². The summed E-state index contributed by atoms with van der Waals surface area (Å²) >= 11 is 0. The van der Waals surface area contributed by atoms with E-state index in [2.05, 4.69) is 14.5 Å². The molecule has 3 rings (SSSR count). The average molecular weight is 251 g/mol. The molecule has 0 saturated carbocycles. The number of carbonyl (C=O) groups excluding carboxylic acids is 1. The second-order valence-corrected chi connectivity index (χ2v) is 4.46. The van der Waals surface area contributed by atoms with E-state index in [1.165, 1.54) is 0 Å². The lowest BCUT2D eigenvalue weighted by atomic mass is 10.1. The van der Waals surface area contributed by atoms with Crippen LogP contribution < -0.4 is 0 Å². The molecule has 0 saturated heterocycles. The van der Waals surface area contributed by atoms with Crippen LogP contribution in [0.25, 0.3) is 16.7 Å². The predicted molar refractivity (Wildman–Crippen MR) is 73.6 cm³/mol. The van der Waals surface area contributed by atoms with Crippen LogP contribution in [0.3, 0.4) is 0 Å². The molecular formula is C15H13N3O. The molecule has 0 atom stereocenters. The van der Waals surface area contributed by atoms with Crippen LogP contribution in [0.15, 0.2) is 42.7 Å². The normalized spacial score (nSPS) is 10.8. The number of pyridine rings is 1. The van der Waals surface area contributed by atoms with Crippen LogP contribution in [0.4, 0.5) is 0 Å². The molecular weight excluding hydrogens is 238 g/mol. The second-order valence-electron chi connectivity index (χ2n) is 4.46. The minimum Gasteiger partial charge on any atom is -0.296 e. The van der Waals surface area contributed by atoms with Crippen LogP contribution in [-0.2, 0) is 0 Å². The molecule has 3 aromatic rings. The van der Waals surface area contributed by atoms with Gasteiger partial charge in [-0.1, -0.05) is 0 Å². The first-order chi connectivity index (χ1) is 9.16. The monoisotopic (exact) mass is 251 g/mol. The van der Waals surface area contributed by atoms with Crippen molar-refractivity contribution in [3.63, 3.8) is 0 Å². The Morgan fingerprint density at radius 1 is 1.16 bits per heavy atom. The molecule has 2 aromatic heterocycles. The first kappa shape index (κ1) is 11.6. The fourth-order valence-corrected chi connectivity index (χ4v) is 2.22. The van der Waals surface area contributed by atoms with Crippen molar-refractivity contribution < 1.29 is 4.79 Å². The Morgan fingerprint density at radius 3 is 2.58 bits per heavy atom. The smallest absolute Gasteiger partial charge is 0.159 e. The van der Waals surface area contributed by atoms with E-state index in [0.29, 0.717) is 5.56 Å². The number of hydrogen-bond donors (Lipinski definition) is 0. The van der Waals surface area contributed by atoms with E-state index < -0.39 is 0 Å². The van der Waals surface area contributed by atoms with Gasteiger partial charge >= 0.3 is 0 Å². The molecule has 0 aliphatic rings. The van der Waals surface area contributed by atoms with Gasteiger partial charge in [-0.05, 0) is 44.2 Å². The van der Waals surface area contributed by atoms with Crippen molar-refractivity contribution in [3.8, 4) is 5.69 Å². The third kappa shape index (κ3) is 1.91. The van der Waals surface area contributed by atoms with Crippen LogP contribution >= 0.6 is 0 Å². The Bertz CT molecular complexity index is 757. The molecule has 0 aliphatic heterocycles. The predicted octanol–water partition coefficient (Wildman–Crippen LogP) is 2.93. The van der Waals surface area contributed by atoms with E-state index in [1.54, 1.807) is 19.3 Å². The summed E-state index contributed by atoms with van der Waals surface area (Å²) in [7, 11) is 0. The third-order valence-corrected chi connectivity index (χ3v) is 3.16. The van der Waals surface area contributed by atoms with E-state index in [9.17, 15) is 4.79 Å². The number of nitrogens with zero attached hydrogens (tertiary/aromatic N) is 3. The molecule has 0 unspecified atom stereocenters. The molecule has 0 spiro atoms. The molecule has 0 fully saturated rings. The molecule has 19 heavy (non-hydrogen) atoms. The summed E-state index contributed by atoms with van der Waals surface area (Å²) in [6.07, 6.45) is 3.51. The second kappa shape index (κ2) is 4.31. The zero-order valence-corrected chi connectivity index (χ0v) is 10.8. The first-order valence-electron chi connectivity index (χ1n) is 6.07. The summed E-state index contributed by atoms with van der Waals surface area (Å²) < 4.78 is 2.06. The van der Waals surface area contributed by atoms with Gasteiger partial charge in [-0.3, -0.25) is 14.3 Å². The van der Waals surface area contributed by atoms with Crippen molar-refractivity contribution in [3.05, 3.63) is 54.1 Å². The highest BCUT2D eigenvalue weighted by Crippen LogP contribution is 2.20. The summed E-state index contributed by atoms with van der Waals surface area (Å²) in [5, 5.41) is 0. The van der Waals surface area contributed by atoms with E-state index >= 15 is 0 Å². The summed E-state index contributed by atoms with van der Waals surface area (Å²) in [4.78, 5) is 19.9.